The molecule has 1 aromatic heterocycles. The van der Waals surface area contributed by atoms with Gasteiger partial charge in [-0.2, -0.15) is 5.10 Å². The molecular weight excluding hydrogens is 396 g/mol. The van der Waals surface area contributed by atoms with Gasteiger partial charge in [0.1, 0.15) is 11.5 Å². The topological polar surface area (TPSA) is 85.7 Å². The second-order valence-corrected chi connectivity index (χ2v) is 7.28. The van der Waals surface area contributed by atoms with Crippen LogP contribution in [0.1, 0.15) is 12.0 Å². The SMILES string of the molecule is COc1ccc(OC)c(N2CC(C(=O)NCc3ccc(-n4cccn4)cc3)CC2=O)c1. The normalized spacial score (nSPS) is 15.7. The van der Waals surface area contributed by atoms with Crippen molar-refractivity contribution < 1.29 is 19.1 Å². The third-order valence-corrected chi connectivity index (χ3v) is 5.34. The first-order valence-electron chi connectivity index (χ1n) is 9.98. The van der Waals surface area contributed by atoms with Crippen molar-refractivity contribution in [2.45, 2.75) is 13.0 Å². The Morgan fingerprint density at radius 2 is 1.97 bits per heavy atom. The fourth-order valence-electron chi connectivity index (χ4n) is 3.65. The highest BCUT2D eigenvalue weighted by atomic mass is 16.5. The molecule has 160 valence electrons. The van der Waals surface area contributed by atoms with Gasteiger partial charge >= 0.3 is 0 Å². The molecule has 8 heteroatoms. The maximum absolute atomic E-state index is 12.7. The van der Waals surface area contributed by atoms with Gasteiger partial charge in [0.2, 0.25) is 11.8 Å². The lowest BCUT2D eigenvalue weighted by molar-refractivity contribution is -0.126. The predicted molar refractivity (Wildman–Crippen MR) is 115 cm³/mol. The summed E-state index contributed by atoms with van der Waals surface area (Å²) in [7, 11) is 3.11. The Bertz CT molecular complexity index is 1060. The van der Waals surface area contributed by atoms with Gasteiger partial charge in [-0.1, -0.05) is 12.1 Å². The van der Waals surface area contributed by atoms with Gasteiger partial charge in [0.15, 0.2) is 0 Å². The van der Waals surface area contributed by atoms with Crippen molar-refractivity contribution in [2.24, 2.45) is 5.92 Å². The Balaban J connectivity index is 1.39. The van der Waals surface area contributed by atoms with Crippen LogP contribution >= 0.6 is 0 Å². The number of carbonyl (C=O) groups excluding carboxylic acids is 2. The van der Waals surface area contributed by atoms with Crippen LogP contribution in [0.25, 0.3) is 5.69 Å². The number of rotatable bonds is 7. The van der Waals surface area contributed by atoms with Crippen LogP contribution in [0.2, 0.25) is 0 Å². The number of benzene rings is 2. The van der Waals surface area contributed by atoms with Crippen LogP contribution in [0, 0.1) is 5.92 Å². The zero-order valence-electron chi connectivity index (χ0n) is 17.4. The fraction of sp³-hybridized carbons (Fsp3) is 0.261. The first-order chi connectivity index (χ1) is 15.1. The van der Waals surface area contributed by atoms with Crippen molar-refractivity contribution in [3.05, 3.63) is 66.5 Å². The molecule has 1 aliphatic heterocycles. The number of ether oxygens (including phenoxy) is 2. The molecule has 1 N–H and O–H groups in total. The van der Waals surface area contributed by atoms with Crippen molar-refractivity contribution in [3.8, 4) is 17.2 Å². The lowest BCUT2D eigenvalue weighted by atomic mass is 10.1. The number of hydrogen-bond donors (Lipinski definition) is 1. The molecule has 1 unspecified atom stereocenters. The summed E-state index contributed by atoms with van der Waals surface area (Å²) in [6, 6.07) is 14.9. The van der Waals surface area contributed by atoms with Crippen molar-refractivity contribution >= 4 is 17.5 Å². The fourth-order valence-corrected chi connectivity index (χ4v) is 3.65. The molecule has 1 fully saturated rings. The van der Waals surface area contributed by atoms with Gasteiger partial charge in [-0.3, -0.25) is 9.59 Å². The molecule has 31 heavy (non-hydrogen) atoms. The smallest absolute Gasteiger partial charge is 0.227 e. The molecule has 2 aromatic carbocycles. The van der Waals surface area contributed by atoms with Crippen LogP contribution in [0.15, 0.2) is 60.9 Å². The van der Waals surface area contributed by atoms with Gasteiger partial charge < -0.3 is 19.7 Å². The molecule has 0 spiro atoms. The van der Waals surface area contributed by atoms with E-state index < -0.39 is 5.92 Å². The summed E-state index contributed by atoms with van der Waals surface area (Å²) in [4.78, 5) is 26.9. The van der Waals surface area contributed by atoms with Gasteiger partial charge in [0, 0.05) is 38.0 Å². The second-order valence-electron chi connectivity index (χ2n) is 7.28. The summed E-state index contributed by atoms with van der Waals surface area (Å²) in [5, 5.41) is 7.14. The van der Waals surface area contributed by atoms with Crippen molar-refractivity contribution in [1.29, 1.82) is 0 Å². The van der Waals surface area contributed by atoms with E-state index in [1.54, 1.807) is 48.2 Å². The van der Waals surface area contributed by atoms with E-state index in [2.05, 4.69) is 10.4 Å². The minimum absolute atomic E-state index is 0.115. The Kier molecular flexibility index (Phi) is 5.88. The molecule has 0 bridgehead atoms. The maximum atomic E-state index is 12.7. The van der Waals surface area contributed by atoms with E-state index in [-0.39, 0.29) is 18.2 Å². The van der Waals surface area contributed by atoms with E-state index >= 15 is 0 Å². The average Bonchev–Trinajstić information content (AvgIpc) is 3.47. The van der Waals surface area contributed by atoms with Crippen molar-refractivity contribution in [1.82, 2.24) is 15.1 Å². The third kappa shape index (κ3) is 4.37. The summed E-state index contributed by atoms with van der Waals surface area (Å²) >= 11 is 0. The zero-order chi connectivity index (χ0) is 21.8. The first-order valence-corrected chi connectivity index (χ1v) is 9.98. The number of nitrogens with zero attached hydrogens (tertiary/aromatic N) is 3. The molecule has 3 aromatic rings. The molecule has 2 amide bonds. The van der Waals surface area contributed by atoms with Crippen molar-refractivity contribution in [3.63, 3.8) is 0 Å². The monoisotopic (exact) mass is 420 g/mol. The number of anilines is 1. The Morgan fingerprint density at radius 1 is 1.16 bits per heavy atom. The van der Waals surface area contributed by atoms with E-state index in [9.17, 15) is 9.59 Å². The number of amides is 2. The average molecular weight is 420 g/mol. The highest BCUT2D eigenvalue weighted by Gasteiger charge is 2.36. The number of hydrogen-bond acceptors (Lipinski definition) is 5. The largest absolute Gasteiger partial charge is 0.497 e. The van der Waals surface area contributed by atoms with E-state index in [0.717, 1.165) is 11.3 Å². The summed E-state index contributed by atoms with van der Waals surface area (Å²) in [5.74, 6) is 0.499. The van der Waals surface area contributed by atoms with Gasteiger partial charge in [-0.25, -0.2) is 4.68 Å². The minimum Gasteiger partial charge on any atom is -0.497 e. The van der Waals surface area contributed by atoms with Gasteiger partial charge in [0.25, 0.3) is 0 Å². The maximum Gasteiger partial charge on any atom is 0.227 e. The quantitative estimate of drug-likeness (QED) is 0.635. The molecule has 0 radical (unpaired) electrons. The van der Waals surface area contributed by atoms with Crippen LogP contribution in [0.4, 0.5) is 5.69 Å². The second kappa shape index (κ2) is 8.91. The van der Waals surface area contributed by atoms with E-state index in [0.29, 0.717) is 30.3 Å². The number of aromatic nitrogens is 2. The third-order valence-electron chi connectivity index (χ3n) is 5.34. The van der Waals surface area contributed by atoms with Crippen LogP contribution in [0.3, 0.4) is 0 Å². The Hall–Kier alpha value is -3.81. The molecule has 0 aliphatic carbocycles. The minimum atomic E-state index is -0.424. The van der Waals surface area contributed by atoms with Crippen LogP contribution in [-0.4, -0.2) is 42.4 Å². The highest BCUT2D eigenvalue weighted by molar-refractivity contribution is 6.01. The van der Waals surface area contributed by atoms with Crippen molar-refractivity contribution in [2.75, 3.05) is 25.7 Å². The Morgan fingerprint density at radius 3 is 2.65 bits per heavy atom. The molecule has 0 saturated carbocycles. The summed E-state index contributed by atoms with van der Waals surface area (Å²) in [6.07, 6.45) is 3.75. The van der Waals surface area contributed by atoms with E-state index in [1.807, 2.05) is 36.5 Å². The van der Waals surface area contributed by atoms with Crippen LogP contribution in [-0.2, 0) is 16.1 Å². The van der Waals surface area contributed by atoms with Crippen LogP contribution < -0.4 is 19.7 Å². The number of methoxy groups -OCH3 is 2. The molecule has 1 atom stereocenters. The molecule has 8 nitrogen and oxygen atoms in total. The highest BCUT2D eigenvalue weighted by Crippen LogP contribution is 2.36. The van der Waals surface area contributed by atoms with Gasteiger partial charge in [-0.15, -0.1) is 0 Å². The standard InChI is InChI=1S/C23H24N4O4/c1-30-19-8-9-21(31-2)20(13-19)26-15-17(12-22(26)28)23(29)24-14-16-4-6-18(7-5-16)27-11-3-10-25-27/h3-11,13,17H,12,14-15H2,1-2H3,(H,24,29). The lowest BCUT2D eigenvalue weighted by Gasteiger charge is -2.20. The van der Waals surface area contributed by atoms with Crippen LogP contribution in [0.5, 0.6) is 11.5 Å². The Labute approximate surface area is 180 Å². The van der Waals surface area contributed by atoms with Gasteiger partial charge in [0.05, 0.1) is 31.5 Å². The first kappa shape index (κ1) is 20.5. The number of carbonyl (C=O) groups is 2. The van der Waals surface area contributed by atoms with E-state index in [4.69, 9.17) is 9.47 Å². The molecule has 4 rings (SSSR count). The molecular formula is C23H24N4O4. The van der Waals surface area contributed by atoms with Gasteiger partial charge in [-0.05, 0) is 35.9 Å². The molecule has 2 heterocycles. The predicted octanol–water partition coefficient (Wildman–Crippen LogP) is 2.56. The zero-order valence-corrected chi connectivity index (χ0v) is 17.4. The summed E-state index contributed by atoms with van der Waals surface area (Å²) in [6.45, 7) is 0.692. The number of nitrogens with one attached hydrogen (secondary N) is 1. The molecule has 1 saturated heterocycles. The summed E-state index contributed by atoms with van der Waals surface area (Å²) in [5.41, 5.74) is 2.53. The van der Waals surface area contributed by atoms with E-state index in [1.165, 1.54) is 0 Å². The lowest BCUT2D eigenvalue weighted by Crippen LogP contribution is -2.32. The summed E-state index contributed by atoms with van der Waals surface area (Å²) < 4.78 is 12.4. The molecule has 1 aliphatic rings.